The highest BCUT2D eigenvalue weighted by Crippen LogP contribution is 2.38. The van der Waals surface area contributed by atoms with Crippen LogP contribution in [-0.2, 0) is 9.84 Å². The Kier molecular flexibility index (Phi) is 3.82. The Bertz CT molecular complexity index is 520. The lowest BCUT2D eigenvalue weighted by molar-refractivity contribution is 0.595. The lowest BCUT2D eigenvalue weighted by atomic mass is 10.2. The van der Waals surface area contributed by atoms with Crippen LogP contribution < -0.4 is 11.1 Å². The largest absolute Gasteiger partial charge is 0.382 e. The topological polar surface area (TPSA) is 85.1 Å². The van der Waals surface area contributed by atoms with Gasteiger partial charge in [-0.2, -0.15) is 4.37 Å². The molecule has 1 heterocycles. The van der Waals surface area contributed by atoms with Crippen molar-refractivity contribution in [2.45, 2.75) is 44.0 Å². The molecule has 102 valence electrons. The van der Waals surface area contributed by atoms with E-state index in [1.54, 1.807) is 0 Å². The summed E-state index contributed by atoms with van der Waals surface area (Å²) in [6.07, 6.45) is 2.99. The van der Waals surface area contributed by atoms with E-state index in [1.165, 1.54) is 12.8 Å². The monoisotopic (exact) mass is 289 g/mol. The molecule has 2 rings (SSSR count). The van der Waals surface area contributed by atoms with E-state index in [2.05, 4.69) is 16.6 Å². The number of rotatable bonds is 6. The van der Waals surface area contributed by atoms with Crippen molar-refractivity contribution in [3.63, 3.8) is 0 Å². The first-order valence-electron chi connectivity index (χ1n) is 6.20. The molecule has 18 heavy (non-hydrogen) atoms. The Hall–Kier alpha value is -0.820. The molecular weight excluding hydrogens is 270 g/mol. The van der Waals surface area contributed by atoms with Gasteiger partial charge in [-0.05, 0) is 43.6 Å². The average molecular weight is 289 g/mol. The van der Waals surface area contributed by atoms with Crippen LogP contribution in [0.15, 0.2) is 4.90 Å². The second-order valence-corrected chi connectivity index (χ2v) is 7.63. The van der Waals surface area contributed by atoms with Crippen molar-refractivity contribution in [3.05, 3.63) is 0 Å². The molecule has 0 aliphatic heterocycles. The molecule has 0 aromatic carbocycles. The minimum absolute atomic E-state index is 0.113. The van der Waals surface area contributed by atoms with Gasteiger partial charge in [0.15, 0.2) is 15.7 Å². The fourth-order valence-electron chi connectivity index (χ4n) is 1.98. The smallest absolute Gasteiger partial charge is 0.185 e. The SMILES string of the molecule is CCCS(=O)(=O)c1c(N)nsc1NC(C)C1CC1. The quantitative estimate of drug-likeness (QED) is 0.838. The molecule has 0 spiro atoms. The van der Waals surface area contributed by atoms with Crippen LogP contribution in [0.2, 0.25) is 0 Å². The highest BCUT2D eigenvalue weighted by molar-refractivity contribution is 7.91. The minimum Gasteiger partial charge on any atom is -0.382 e. The van der Waals surface area contributed by atoms with Crippen molar-refractivity contribution in [1.82, 2.24) is 4.37 Å². The molecule has 7 heteroatoms. The number of hydrogen-bond donors (Lipinski definition) is 2. The zero-order chi connectivity index (χ0) is 13.3. The molecule has 5 nitrogen and oxygen atoms in total. The fourth-order valence-corrected chi connectivity index (χ4v) is 4.68. The molecule has 1 fully saturated rings. The number of sulfone groups is 1. The molecule has 0 amide bonds. The summed E-state index contributed by atoms with van der Waals surface area (Å²) in [7, 11) is -3.32. The maximum atomic E-state index is 12.1. The molecule has 1 aliphatic carbocycles. The summed E-state index contributed by atoms with van der Waals surface area (Å²) in [5.41, 5.74) is 5.71. The maximum Gasteiger partial charge on any atom is 0.185 e. The van der Waals surface area contributed by atoms with Gasteiger partial charge in [-0.3, -0.25) is 0 Å². The summed E-state index contributed by atoms with van der Waals surface area (Å²) in [6.45, 7) is 3.91. The van der Waals surface area contributed by atoms with Gasteiger partial charge in [0.25, 0.3) is 0 Å². The van der Waals surface area contributed by atoms with Gasteiger partial charge >= 0.3 is 0 Å². The summed E-state index contributed by atoms with van der Waals surface area (Å²) in [5.74, 6) is 0.885. The number of aromatic nitrogens is 1. The molecule has 1 saturated carbocycles. The summed E-state index contributed by atoms with van der Waals surface area (Å²) in [5, 5.41) is 3.85. The molecule has 1 aromatic rings. The standard InChI is InChI=1S/C11H19N3O2S2/c1-3-6-18(15,16)9-10(12)14-17-11(9)13-7(2)8-4-5-8/h7-8,13H,3-6H2,1-2H3,(H2,12,14). The summed E-state index contributed by atoms with van der Waals surface area (Å²) >= 11 is 1.14. The van der Waals surface area contributed by atoms with E-state index < -0.39 is 9.84 Å². The van der Waals surface area contributed by atoms with Gasteiger partial charge in [-0.25, -0.2) is 8.42 Å². The van der Waals surface area contributed by atoms with Gasteiger partial charge < -0.3 is 11.1 Å². The van der Waals surface area contributed by atoms with Crippen LogP contribution in [0.3, 0.4) is 0 Å². The Morgan fingerprint density at radius 2 is 2.22 bits per heavy atom. The van der Waals surface area contributed by atoms with E-state index in [9.17, 15) is 8.42 Å². The number of nitrogens with one attached hydrogen (secondary N) is 1. The minimum atomic E-state index is -3.32. The highest BCUT2D eigenvalue weighted by atomic mass is 32.2. The van der Waals surface area contributed by atoms with Crippen LogP contribution in [0.5, 0.6) is 0 Å². The Labute approximate surface area is 112 Å². The van der Waals surface area contributed by atoms with Crippen molar-refractivity contribution in [2.75, 3.05) is 16.8 Å². The van der Waals surface area contributed by atoms with Crippen LogP contribution >= 0.6 is 11.5 Å². The predicted octanol–water partition coefficient (Wildman–Crippen LogP) is 2.12. The van der Waals surface area contributed by atoms with Gasteiger partial charge in [-0.1, -0.05) is 6.92 Å². The number of nitrogens with zero attached hydrogens (tertiary/aromatic N) is 1. The Balaban J connectivity index is 2.26. The number of nitrogens with two attached hydrogens (primary N) is 1. The highest BCUT2D eigenvalue weighted by Gasteiger charge is 2.31. The average Bonchev–Trinajstić information content (AvgIpc) is 3.04. The van der Waals surface area contributed by atoms with Crippen molar-refractivity contribution in [1.29, 1.82) is 0 Å². The molecule has 1 aromatic heterocycles. The van der Waals surface area contributed by atoms with Gasteiger partial charge in [0.05, 0.1) is 5.75 Å². The van der Waals surface area contributed by atoms with E-state index >= 15 is 0 Å². The van der Waals surface area contributed by atoms with Crippen LogP contribution in [0, 0.1) is 5.92 Å². The number of hydrogen-bond acceptors (Lipinski definition) is 6. The van der Waals surface area contributed by atoms with Crippen molar-refractivity contribution in [2.24, 2.45) is 5.92 Å². The Morgan fingerprint density at radius 3 is 2.78 bits per heavy atom. The van der Waals surface area contributed by atoms with Crippen LogP contribution in [-0.4, -0.2) is 24.6 Å². The fraction of sp³-hybridized carbons (Fsp3) is 0.727. The van der Waals surface area contributed by atoms with Gasteiger partial charge in [-0.15, -0.1) is 0 Å². The first-order chi connectivity index (χ1) is 8.45. The number of anilines is 2. The molecule has 1 atom stereocenters. The second kappa shape index (κ2) is 5.05. The zero-order valence-corrected chi connectivity index (χ0v) is 12.3. The van der Waals surface area contributed by atoms with E-state index in [1.807, 2.05) is 6.92 Å². The molecule has 3 N–H and O–H groups in total. The molecule has 1 unspecified atom stereocenters. The van der Waals surface area contributed by atoms with Gasteiger partial charge in [0.1, 0.15) is 9.90 Å². The normalized spacial score (nSPS) is 17.7. The van der Waals surface area contributed by atoms with Crippen LogP contribution in [0.1, 0.15) is 33.1 Å². The third kappa shape index (κ3) is 2.77. The lowest BCUT2D eigenvalue weighted by Crippen LogP contribution is -2.19. The molecule has 0 radical (unpaired) electrons. The van der Waals surface area contributed by atoms with Crippen molar-refractivity contribution < 1.29 is 8.42 Å². The second-order valence-electron chi connectivity index (χ2n) is 4.82. The zero-order valence-electron chi connectivity index (χ0n) is 10.6. The number of nitrogen functional groups attached to an aromatic ring is 1. The van der Waals surface area contributed by atoms with Crippen molar-refractivity contribution in [3.8, 4) is 0 Å². The molecule has 1 aliphatic rings. The lowest BCUT2D eigenvalue weighted by Gasteiger charge is -2.13. The maximum absolute atomic E-state index is 12.1. The van der Waals surface area contributed by atoms with E-state index in [0.717, 1.165) is 11.5 Å². The summed E-state index contributed by atoms with van der Waals surface area (Å²) in [4.78, 5) is 0.196. The van der Waals surface area contributed by atoms with Crippen molar-refractivity contribution >= 4 is 32.2 Å². The van der Waals surface area contributed by atoms with Gasteiger partial charge in [0.2, 0.25) is 0 Å². The first kappa shape index (κ1) is 13.6. The summed E-state index contributed by atoms with van der Waals surface area (Å²) < 4.78 is 28.3. The molecular formula is C11H19N3O2S2. The predicted molar refractivity (Wildman–Crippen MR) is 74.7 cm³/mol. The van der Waals surface area contributed by atoms with E-state index in [-0.39, 0.29) is 22.5 Å². The van der Waals surface area contributed by atoms with Crippen LogP contribution in [0.25, 0.3) is 0 Å². The van der Waals surface area contributed by atoms with E-state index in [0.29, 0.717) is 17.3 Å². The summed E-state index contributed by atoms with van der Waals surface area (Å²) in [6, 6.07) is 0.278. The van der Waals surface area contributed by atoms with Crippen LogP contribution in [0.4, 0.5) is 10.8 Å². The first-order valence-corrected chi connectivity index (χ1v) is 8.62. The molecule has 0 bridgehead atoms. The molecule has 0 saturated heterocycles. The van der Waals surface area contributed by atoms with E-state index in [4.69, 9.17) is 5.73 Å². The third-order valence-electron chi connectivity index (χ3n) is 3.15. The van der Waals surface area contributed by atoms with Gasteiger partial charge in [0, 0.05) is 6.04 Å². The Morgan fingerprint density at radius 1 is 1.56 bits per heavy atom. The third-order valence-corrected chi connectivity index (χ3v) is 6.05.